The van der Waals surface area contributed by atoms with E-state index in [1.165, 1.54) is 0 Å². The Morgan fingerprint density at radius 2 is 1.78 bits per heavy atom. The van der Waals surface area contributed by atoms with E-state index in [1.807, 2.05) is 62.4 Å². The number of carbonyl (C=O) groups excluding carboxylic acids is 1. The Hall–Kier alpha value is -3.34. The first-order valence-electron chi connectivity index (χ1n) is 8.82. The van der Waals surface area contributed by atoms with Gasteiger partial charge < -0.3 is 14.8 Å². The number of hydrogen-bond acceptors (Lipinski definition) is 4. The molecule has 0 unspecified atom stereocenters. The van der Waals surface area contributed by atoms with Crippen LogP contribution in [0.5, 0.6) is 17.2 Å². The molecule has 0 aliphatic carbocycles. The average molecular weight is 362 g/mol. The van der Waals surface area contributed by atoms with Crippen LogP contribution in [0.2, 0.25) is 0 Å². The van der Waals surface area contributed by atoms with Crippen molar-refractivity contribution in [2.24, 2.45) is 0 Å². The summed E-state index contributed by atoms with van der Waals surface area (Å²) in [5.74, 6) is 2.06. The molecule has 0 saturated heterocycles. The molecule has 1 heterocycles. The maximum absolute atomic E-state index is 12.0. The maximum Gasteiger partial charge on any atom is 0.253 e. The second kappa shape index (κ2) is 8.85. The Bertz CT molecular complexity index is 878. The van der Waals surface area contributed by atoms with Crippen LogP contribution < -0.4 is 14.8 Å². The normalized spacial score (nSPS) is 10.5. The Kier molecular flexibility index (Phi) is 6.05. The van der Waals surface area contributed by atoms with Crippen LogP contribution in [0.1, 0.15) is 29.8 Å². The zero-order chi connectivity index (χ0) is 19.1. The van der Waals surface area contributed by atoms with Crippen molar-refractivity contribution < 1.29 is 14.3 Å². The minimum absolute atomic E-state index is 0.112. The predicted octanol–water partition coefficient (Wildman–Crippen LogP) is 4.59. The molecule has 1 amide bonds. The molecular formula is C22H22N2O3. The Labute approximate surface area is 159 Å². The van der Waals surface area contributed by atoms with Gasteiger partial charge in [0, 0.05) is 25.0 Å². The van der Waals surface area contributed by atoms with Crippen LogP contribution in [0.4, 0.5) is 0 Å². The molecule has 0 aliphatic rings. The van der Waals surface area contributed by atoms with Gasteiger partial charge in [-0.1, -0.05) is 18.2 Å². The first-order chi connectivity index (χ1) is 13.1. The van der Waals surface area contributed by atoms with E-state index in [1.54, 1.807) is 24.5 Å². The molecule has 138 valence electrons. The van der Waals surface area contributed by atoms with E-state index in [4.69, 9.17) is 9.47 Å². The first kappa shape index (κ1) is 18.5. The fourth-order valence-electron chi connectivity index (χ4n) is 2.48. The van der Waals surface area contributed by atoms with E-state index in [0.29, 0.717) is 17.9 Å². The smallest absolute Gasteiger partial charge is 0.253 e. The highest BCUT2D eigenvalue weighted by molar-refractivity contribution is 5.93. The summed E-state index contributed by atoms with van der Waals surface area (Å²) in [6, 6.07) is 18.6. The van der Waals surface area contributed by atoms with Crippen molar-refractivity contribution in [3.8, 4) is 17.2 Å². The van der Waals surface area contributed by atoms with Crippen molar-refractivity contribution in [1.29, 1.82) is 0 Å². The molecule has 27 heavy (non-hydrogen) atoms. The van der Waals surface area contributed by atoms with E-state index >= 15 is 0 Å². The summed E-state index contributed by atoms with van der Waals surface area (Å²) in [6.07, 6.45) is 3.30. The summed E-state index contributed by atoms with van der Waals surface area (Å²) < 4.78 is 11.6. The summed E-state index contributed by atoms with van der Waals surface area (Å²) in [5, 5.41) is 2.87. The number of nitrogens with one attached hydrogen (secondary N) is 1. The van der Waals surface area contributed by atoms with Crippen molar-refractivity contribution >= 4 is 5.91 Å². The largest absolute Gasteiger partial charge is 0.491 e. The second-order valence-corrected chi connectivity index (χ2v) is 6.31. The van der Waals surface area contributed by atoms with Crippen LogP contribution in [0.3, 0.4) is 0 Å². The first-order valence-corrected chi connectivity index (χ1v) is 8.82. The second-order valence-electron chi connectivity index (χ2n) is 6.31. The number of pyridine rings is 1. The highest BCUT2D eigenvalue weighted by atomic mass is 16.5. The highest BCUT2D eigenvalue weighted by Gasteiger charge is 2.05. The van der Waals surface area contributed by atoms with Gasteiger partial charge in [-0.2, -0.15) is 0 Å². The lowest BCUT2D eigenvalue weighted by Crippen LogP contribution is -2.22. The molecule has 3 aromatic rings. The van der Waals surface area contributed by atoms with E-state index in [0.717, 1.165) is 17.1 Å². The van der Waals surface area contributed by atoms with Crippen molar-refractivity contribution in [3.63, 3.8) is 0 Å². The minimum Gasteiger partial charge on any atom is -0.491 e. The lowest BCUT2D eigenvalue weighted by atomic mass is 10.2. The monoisotopic (exact) mass is 362 g/mol. The summed E-state index contributed by atoms with van der Waals surface area (Å²) >= 11 is 0. The standard InChI is InChI=1S/C22H22N2O3/c1-16(2)26-20-6-3-7-21(13-20)27-19-10-8-17(9-11-19)14-24-22(25)18-5-4-12-23-15-18/h3-13,15-16H,14H2,1-2H3,(H,24,25). The average Bonchev–Trinajstić information content (AvgIpc) is 2.68. The molecule has 1 N–H and O–H groups in total. The molecule has 5 heteroatoms. The van der Waals surface area contributed by atoms with Crippen molar-refractivity contribution in [1.82, 2.24) is 10.3 Å². The highest BCUT2D eigenvalue weighted by Crippen LogP contribution is 2.26. The third-order valence-corrected chi connectivity index (χ3v) is 3.71. The van der Waals surface area contributed by atoms with E-state index in [9.17, 15) is 4.79 Å². The lowest BCUT2D eigenvalue weighted by Gasteiger charge is -2.12. The molecule has 3 rings (SSSR count). The number of nitrogens with zero attached hydrogens (tertiary/aromatic N) is 1. The van der Waals surface area contributed by atoms with Crippen molar-refractivity contribution in [3.05, 3.63) is 84.2 Å². The van der Waals surface area contributed by atoms with Gasteiger partial charge in [-0.15, -0.1) is 0 Å². The van der Waals surface area contributed by atoms with Crippen LogP contribution in [-0.2, 0) is 6.54 Å². The molecule has 0 fully saturated rings. The molecule has 1 aromatic heterocycles. The molecule has 0 radical (unpaired) electrons. The zero-order valence-corrected chi connectivity index (χ0v) is 15.4. The number of amides is 1. The molecule has 0 aliphatic heterocycles. The number of benzene rings is 2. The molecule has 2 aromatic carbocycles. The van der Waals surface area contributed by atoms with Crippen LogP contribution in [0.15, 0.2) is 73.1 Å². The van der Waals surface area contributed by atoms with Gasteiger partial charge in [0.1, 0.15) is 17.2 Å². The van der Waals surface area contributed by atoms with Crippen LogP contribution in [0.25, 0.3) is 0 Å². The van der Waals surface area contributed by atoms with Crippen molar-refractivity contribution in [2.45, 2.75) is 26.5 Å². The number of carbonyl (C=O) groups is 1. The number of aromatic nitrogens is 1. The maximum atomic E-state index is 12.0. The molecule has 5 nitrogen and oxygen atoms in total. The zero-order valence-electron chi connectivity index (χ0n) is 15.4. The fraction of sp³-hybridized carbons (Fsp3) is 0.182. The summed E-state index contributed by atoms with van der Waals surface area (Å²) in [7, 11) is 0. The summed E-state index contributed by atoms with van der Waals surface area (Å²) in [4.78, 5) is 16.0. The molecule has 0 saturated carbocycles. The van der Waals surface area contributed by atoms with Gasteiger partial charge in [0.25, 0.3) is 5.91 Å². The van der Waals surface area contributed by atoms with Gasteiger partial charge in [0.15, 0.2) is 0 Å². The van der Waals surface area contributed by atoms with Gasteiger partial charge in [0.05, 0.1) is 11.7 Å². The quantitative estimate of drug-likeness (QED) is 0.668. The predicted molar refractivity (Wildman–Crippen MR) is 104 cm³/mol. The minimum atomic E-state index is -0.148. The van der Waals surface area contributed by atoms with Gasteiger partial charge in [-0.05, 0) is 55.8 Å². The Balaban J connectivity index is 1.57. The fourth-order valence-corrected chi connectivity index (χ4v) is 2.48. The van der Waals surface area contributed by atoms with Crippen LogP contribution in [0, 0.1) is 0 Å². The van der Waals surface area contributed by atoms with Crippen LogP contribution in [-0.4, -0.2) is 17.0 Å². The summed E-state index contributed by atoms with van der Waals surface area (Å²) in [5.41, 5.74) is 1.53. The van der Waals surface area contributed by atoms with Crippen molar-refractivity contribution in [2.75, 3.05) is 0 Å². The third kappa shape index (κ3) is 5.57. The SMILES string of the molecule is CC(C)Oc1cccc(Oc2ccc(CNC(=O)c3cccnc3)cc2)c1. The van der Waals surface area contributed by atoms with Gasteiger partial charge in [0.2, 0.25) is 0 Å². The van der Waals surface area contributed by atoms with Gasteiger partial charge >= 0.3 is 0 Å². The number of hydrogen-bond donors (Lipinski definition) is 1. The van der Waals surface area contributed by atoms with E-state index in [2.05, 4.69) is 10.3 Å². The Morgan fingerprint density at radius 1 is 1.00 bits per heavy atom. The van der Waals surface area contributed by atoms with Crippen LogP contribution >= 0.6 is 0 Å². The van der Waals surface area contributed by atoms with Gasteiger partial charge in [-0.3, -0.25) is 9.78 Å². The number of rotatable bonds is 7. The molecule has 0 spiro atoms. The molecule has 0 atom stereocenters. The lowest BCUT2D eigenvalue weighted by molar-refractivity contribution is 0.0950. The van der Waals surface area contributed by atoms with E-state index < -0.39 is 0 Å². The third-order valence-electron chi connectivity index (χ3n) is 3.71. The summed E-state index contributed by atoms with van der Waals surface area (Å²) in [6.45, 7) is 4.41. The molecule has 0 bridgehead atoms. The topological polar surface area (TPSA) is 60.5 Å². The Morgan fingerprint density at radius 3 is 2.48 bits per heavy atom. The molecular weight excluding hydrogens is 340 g/mol. The van der Waals surface area contributed by atoms with E-state index in [-0.39, 0.29) is 12.0 Å². The van der Waals surface area contributed by atoms with Gasteiger partial charge in [-0.25, -0.2) is 0 Å². The number of ether oxygens (including phenoxy) is 2.